The molecule has 76 valence electrons. The number of aliphatic hydroxyl groups excluding tert-OH is 1. The Labute approximate surface area is 80.5 Å². The van der Waals surface area contributed by atoms with Crippen molar-refractivity contribution in [2.24, 2.45) is 0 Å². The molecule has 13 heavy (non-hydrogen) atoms. The van der Waals surface area contributed by atoms with Gasteiger partial charge >= 0.3 is 0 Å². The van der Waals surface area contributed by atoms with Gasteiger partial charge in [-0.3, -0.25) is 4.90 Å². The predicted molar refractivity (Wildman–Crippen MR) is 44.8 cm³/mol. The third kappa shape index (κ3) is 6.70. The van der Waals surface area contributed by atoms with Crippen molar-refractivity contribution in [3.63, 3.8) is 0 Å². The molecule has 1 N–H and O–H groups in total. The summed E-state index contributed by atoms with van der Waals surface area (Å²) in [6.07, 6.45) is -2.48. The minimum absolute atomic E-state index is 0.0446. The molecule has 0 amide bonds. The van der Waals surface area contributed by atoms with E-state index in [1.165, 1.54) is 4.90 Å². The zero-order valence-electron chi connectivity index (χ0n) is 6.96. The van der Waals surface area contributed by atoms with E-state index in [2.05, 4.69) is 0 Å². The lowest BCUT2D eigenvalue weighted by atomic mass is 10.4. The molecule has 0 fully saturated rings. The van der Waals surface area contributed by atoms with E-state index in [-0.39, 0.29) is 19.7 Å². The van der Waals surface area contributed by atoms with Crippen molar-refractivity contribution in [2.45, 2.75) is 11.8 Å². The number of nitrogens with zero attached hydrogens (tertiary/aromatic N) is 2. The summed E-state index contributed by atoms with van der Waals surface area (Å²) in [5.41, 5.74) is 0. The molecular formula is C7H11ClF2N2O. The number of alkyl halides is 3. The highest BCUT2D eigenvalue weighted by atomic mass is 35.5. The average Bonchev–Trinajstić information content (AvgIpc) is 2.03. The summed E-state index contributed by atoms with van der Waals surface area (Å²) in [4.78, 5) is 1.26. The molecule has 1 unspecified atom stereocenters. The third-order valence-corrected chi connectivity index (χ3v) is 1.61. The van der Waals surface area contributed by atoms with E-state index in [0.29, 0.717) is 0 Å². The molecule has 0 rings (SSSR count). The van der Waals surface area contributed by atoms with E-state index in [0.717, 1.165) is 0 Å². The second-order valence-electron chi connectivity index (χ2n) is 2.47. The number of aliphatic hydroxyl groups is 1. The van der Waals surface area contributed by atoms with Crippen LogP contribution in [0.15, 0.2) is 0 Å². The smallest absolute Gasteiger partial charge is 0.251 e. The fraction of sp³-hybridized carbons (Fsp3) is 0.857. The van der Waals surface area contributed by atoms with Crippen LogP contribution in [0, 0.1) is 11.3 Å². The maximum absolute atomic E-state index is 11.9. The van der Waals surface area contributed by atoms with Gasteiger partial charge in [0, 0.05) is 13.1 Å². The van der Waals surface area contributed by atoms with Crippen LogP contribution in [0.25, 0.3) is 0 Å². The second-order valence-corrected chi connectivity index (χ2v) is 3.00. The van der Waals surface area contributed by atoms with Gasteiger partial charge in [-0.05, 0) is 0 Å². The minimum atomic E-state index is -2.48. The van der Waals surface area contributed by atoms with E-state index in [9.17, 15) is 8.78 Å². The van der Waals surface area contributed by atoms with Crippen molar-refractivity contribution in [1.82, 2.24) is 4.90 Å². The van der Waals surface area contributed by atoms with Crippen LogP contribution in [0.4, 0.5) is 8.78 Å². The molecule has 1 atom stereocenters. The summed E-state index contributed by atoms with van der Waals surface area (Å²) >= 11 is 5.45. The minimum Gasteiger partial charge on any atom is -0.395 e. The molecule has 0 bridgehead atoms. The Balaban J connectivity index is 3.87. The molecule has 0 heterocycles. The van der Waals surface area contributed by atoms with Gasteiger partial charge in [0.2, 0.25) is 0 Å². The first-order valence-corrected chi connectivity index (χ1v) is 4.18. The number of rotatable bonds is 6. The van der Waals surface area contributed by atoms with Crippen LogP contribution in [0.2, 0.25) is 0 Å². The summed E-state index contributed by atoms with van der Waals surface area (Å²) in [7, 11) is 0. The Kier molecular flexibility index (Phi) is 6.77. The zero-order chi connectivity index (χ0) is 10.3. The van der Waals surface area contributed by atoms with E-state index in [1.54, 1.807) is 6.07 Å². The summed E-state index contributed by atoms with van der Waals surface area (Å²) < 4.78 is 23.8. The maximum Gasteiger partial charge on any atom is 0.251 e. The van der Waals surface area contributed by atoms with E-state index in [4.69, 9.17) is 22.0 Å². The first kappa shape index (κ1) is 12.6. The Morgan fingerprint density at radius 2 is 2.08 bits per heavy atom. The third-order valence-electron chi connectivity index (χ3n) is 1.37. The molecule has 0 spiro atoms. The first-order chi connectivity index (χ1) is 6.10. The molecule has 0 aromatic carbocycles. The Hall–Kier alpha value is -0.440. The van der Waals surface area contributed by atoms with Crippen molar-refractivity contribution in [1.29, 1.82) is 5.26 Å². The first-order valence-electron chi connectivity index (χ1n) is 3.75. The Morgan fingerprint density at radius 3 is 2.46 bits per heavy atom. The quantitative estimate of drug-likeness (QED) is 0.659. The molecule has 6 heteroatoms. The van der Waals surface area contributed by atoms with E-state index >= 15 is 0 Å². The molecule has 0 radical (unpaired) electrons. The van der Waals surface area contributed by atoms with Crippen molar-refractivity contribution in [3.05, 3.63) is 0 Å². The van der Waals surface area contributed by atoms with Gasteiger partial charge in [-0.25, -0.2) is 8.78 Å². The SMILES string of the molecule is N#CC(Cl)CN(CCO)CC(F)F. The van der Waals surface area contributed by atoms with Gasteiger partial charge in [-0.15, -0.1) is 11.6 Å². The largest absolute Gasteiger partial charge is 0.395 e. The zero-order valence-corrected chi connectivity index (χ0v) is 7.71. The summed E-state index contributed by atoms with van der Waals surface area (Å²) in [5.74, 6) is 0. The van der Waals surface area contributed by atoms with Crippen LogP contribution in [-0.2, 0) is 0 Å². The molecule has 0 saturated heterocycles. The van der Waals surface area contributed by atoms with Crippen LogP contribution >= 0.6 is 11.6 Å². The molecule has 0 aliphatic carbocycles. The van der Waals surface area contributed by atoms with Crippen molar-refractivity contribution >= 4 is 11.6 Å². The van der Waals surface area contributed by atoms with Crippen molar-refractivity contribution in [2.75, 3.05) is 26.2 Å². The van der Waals surface area contributed by atoms with Crippen LogP contribution in [0.1, 0.15) is 0 Å². The molecule has 3 nitrogen and oxygen atoms in total. The van der Waals surface area contributed by atoms with E-state index < -0.39 is 18.3 Å². The normalized spacial score (nSPS) is 13.3. The van der Waals surface area contributed by atoms with Crippen molar-refractivity contribution < 1.29 is 13.9 Å². The Bertz CT molecular complexity index is 174. The highest BCUT2D eigenvalue weighted by Crippen LogP contribution is 2.02. The van der Waals surface area contributed by atoms with Gasteiger partial charge in [-0.1, -0.05) is 0 Å². The standard InChI is InChI=1S/C7H11ClF2N2O/c8-6(3-11)4-12(1-2-13)5-7(9)10/h6-7,13H,1-2,4-5H2. The van der Waals surface area contributed by atoms with Crippen LogP contribution in [0.3, 0.4) is 0 Å². The van der Waals surface area contributed by atoms with E-state index in [1.807, 2.05) is 0 Å². The molecule has 0 aromatic heterocycles. The van der Waals surface area contributed by atoms with Crippen LogP contribution in [-0.4, -0.2) is 48.1 Å². The van der Waals surface area contributed by atoms with Gasteiger partial charge in [-0.2, -0.15) is 5.26 Å². The second kappa shape index (κ2) is 7.01. The molecule has 0 aromatic rings. The number of hydrogen-bond acceptors (Lipinski definition) is 3. The predicted octanol–water partition coefficient (Wildman–Crippen LogP) is 0.677. The molecular weight excluding hydrogens is 202 g/mol. The average molecular weight is 213 g/mol. The topological polar surface area (TPSA) is 47.3 Å². The molecule has 0 aliphatic rings. The summed E-state index contributed by atoms with van der Waals surface area (Å²) in [5, 5.41) is 16.0. The van der Waals surface area contributed by atoms with Gasteiger partial charge < -0.3 is 5.11 Å². The molecule has 0 saturated carbocycles. The summed E-state index contributed by atoms with van der Waals surface area (Å²) in [6.45, 7) is -0.536. The summed E-state index contributed by atoms with van der Waals surface area (Å²) in [6, 6.07) is 1.72. The number of halogens is 3. The Morgan fingerprint density at radius 1 is 1.46 bits per heavy atom. The highest BCUT2D eigenvalue weighted by molar-refractivity contribution is 6.22. The molecule has 0 aliphatic heterocycles. The monoisotopic (exact) mass is 212 g/mol. The van der Waals surface area contributed by atoms with Gasteiger partial charge in [0.15, 0.2) is 0 Å². The highest BCUT2D eigenvalue weighted by Gasteiger charge is 2.14. The maximum atomic E-state index is 11.9. The lowest BCUT2D eigenvalue weighted by Gasteiger charge is -2.20. The lowest BCUT2D eigenvalue weighted by molar-refractivity contribution is 0.0799. The van der Waals surface area contributed by atoms with Gasteiger partial charge in [0.1, 0.15) is 5.38 Å². The fourth-order valence-electron chi connectivity index (χ4n) is 0.861. The number of hydrogen-bond donors (Lipinski definition) is 1. The van der Waals surface area contributed by atoms with Crippen LogP contribution < -0.4 is 0 Å². The van der Waals surface area contributed by atoms with Gasteiger partial charge in [0.05, 0.1) is 19.2 Å². The van der Waals surface area contributed by atoms with Gasteiger partial charge in [0.25, 0.3) is 6.43 Å². The van der Waals surface area contributed by atoms with Crippen molar-refractivity contribution in [3.8, 4) is 6.07 Å². The van der Waals surface area contributed by atoms with Crippen LogP contribution in [0.5, 0.6) is 0 Å². The fourth-order valence-corrected chi connectivity index (χ4v) is 1.06. The lowest BCUT2D eigenvalue weighted by Crippen LogP contribution is -2.35. The number of nitriles is 1.